The summed E-state index contributed by atoms with van der Waals surface area (Å²) >= 11 is 1.44. The molecule has 4 rings (SSSR count). The number of thiazole rings is 1. The molecule has 2 aromatic rings. The molecule has 144 valence electrons. The zero-order chi connectivity index (χ0) is 19.0. The number of carbonyl (C=O) groups is 1. The Balaban J connectivity index is 1.48. The van der Waals surface area contributed by atoms with Crippen molar-refractivity contribution < 1.29 is 14.3 Å². The Morgan fingerprint density at radius 2 is 2.11 bits per heavy atom. The number of ether oxygens (including phenoxy) is 2. The summed E-state index contributed by atoms with van der Waals surface area (Å²) in [7, 11) is 3.22. The maximum atomic E-state index is 12.7. The molecule has 2 saturated carbocycles. The van der Waals surface area contributed by atoms with Gasteiger partial charge in [-0.3, -0.25) is 4.79 Å². The molecule has 1 amide bonds. The summed E-state index contributed by atoms with van der Waals surface area (Å²) in [5.41, 5.74) is 1.30. The topological polar surface area (TPSA) is 60.5 Å². The molecule has 5 nitrogen and oxygen atoms in total. The maximum Gasteiger partial charge on any atom is 0.270 e. The fourth-order valence-corrected chi connectivity index (χ4v) is 5.67. The average molecular weight is 387 g/mol. The third-order valence-corrected chi connectivity index (χ3v) is 7.04. The summed E-state index contributed by atoms with van der Waals surface area (Å²) in [5, 5.41) is 5.76. The van der Waals surface area contributed by atoms with E-state index in [4.69, 9.17) is 9.47 Å². The van der Waals surface area contributed by atoms with Crippen LogP contribution in [0.1, 0.15) is 43.1 Å². The second-order valence-electron chi connectivity index (χ2n) is 7.68. The Morgan fingerprint density at radius 3 is 2.78 bits per heavy atom. The van der Waals surface area contributed by atoms with Gasteiger partial charge in [0, 0.05) is 11.4 Å². The van der Waals surface area contributed by atoms with Crippen LogP contribution < -0.4 is 14.8 Å². The van der Waals surface area contributed by atoms with Crippen molar-refractivity contribution in [3.63, 3.8) is 0 Å². The normalized spacial score (nSPS) is 24.6. The van der Waals surface area contributed by atoms with E-state index in [1.165, 1.54) is 37.0 Å². The summed E-state index contributed by atoms with van der Waals surface area (Å²) in [6.45, 7) is 2.14. The van der Waals surface area contributed by atoms with Gasteiger partial charge in [-0.15, -0.1) is 11.3 Å². The van der Waals surface area contributed by atoms with Crippen LogP contribution in [0.25, 0.3) is 10.6 Å². The van der Waals surface area contributed by atoms with Crippen LogP contribution >= 0.6 is 11.3 Å². The molecule has 1 heterocycles. The van der Waals surface area contributed by atoms with Crippen LogP contribution in [-0.4, -0.2) is 31.2 Å². The molecule has 4 atom stereocenters. The Bertz CT molecular complexity index is 835. The molecular weight excluding hydrogens is 360 g/mol. The van der Waals surface area contributed by atoms with Crippen molar-refractivity contribution in [3.05, 3.63) is 29.3 Å². The molecule has 2 bridgehead atoms. The molecule has 1 aromatic heterocycles. The zero-order valence-corrected chi connectivity index (χ0v) is 16.8. The molecule has 0 radical (unpaired) electrons. The van der Waals surface area contributed by atoms with Crippen LogP contribution in [0.2, 0.25) is 0 Å². The largest absolute Gasteiger partial charge is 0.493 e. The highest BCUT2D eigenvalue weighted by Crippen LogP contribution is 2.49. The molecular formula is C21H26N2O3S. The third-order valence-electron chi connectivity index (χ3n) is 6.16. The number of methoxy groups -OCH3 is 2. The molecule has 1 aromatic carbocycles. The third kappa shape index (κ3) is 3.43. The number of hydrogen-bond acceptors (Lipinski definition) is 5. The summed E-state index contributed by atoms with van der Waals surface area (Å²) in [4.78, 5) is 17.3. The smallest absolute Gasteiger partial charge is 0.270 e. The van der Waals surface area contributed by atoms with Gasteiger partial charge in [-0.1, -0.05) is 12.5 Å². The molecule has 0 unspecified atom stereocenters. The van der Waals surface area contributed by atoms with Gasteiger partial charge in [-0.05, 0) is 56.1 Å². The quantitative estimate of drug-likeness (QED) is 0.800. The van der Waals surface area contributed by atoms with Crippen molar-refractivity contribution in [2.24, 2.45) is 17.8 Å². The van der Waals surface area contributed by atoms with Crippen LogP contribution in [0.3, 0.4) is 0 Å². The van der Waals surface area contributed by atoms with Crippen LogP contribution in [0.4, 0.5) is 0 Å². The lowest BCUT2D eigenvalue weighted by Gasteiger charge is -2.28. The number of aromatic nitrogens is 1. The van der Waals surface area contributed by atoms with Crippen LogP contribution in [-0.2, 0) is 0 Å². The van der Waals surface area contributed by atoms with E-state index in [1.807, 2.05) is 23.6 Å². The van der Waals surface area contributed by atoms with Crippen LogP contribution in [0.15, 0.2) is 23.6 Å². The minimum Gasteiger partial charge on any atom is -0.493 e. The first-order valence-corrected chi connectivity index (χ1v) is 10.5. The van der Waals surface area contributed by atoms with E-state index in [0.29, 0.717) is 23.1 Å². The van der Waals surface area contributed by atoms with Gasteiger partial charge < -0.3 is 14.8 Å². The molecule has 1 N–H and O–H groups in total. The van der Waals surface area contributed by atoms with Crippen molar-refractivity contribution in [2.45, 2.75) is 38.6 Å². The molecule has 0 spiro atoms. The maximum absolute atomic E-state index is 12.7. The van der Waals surface area contributed by atoms with Crippen molar-refractivity contribution in [3.8, 4) is 22.1 Å². The molecule has 2 aliphatic rings. The molecule has 27 heavy (non-hydrogen) atoms. The van der Waals surface area contributed by atoms with E-state index < -0.39 is 0 Å². The Labute approximate surface area is 164 Å². The number of amides is 1. The number of hydrogen-bond donors (Lipinski definition) is 1. The average Bonchev–Trinajstić information content (AvgIpc) is 3.43. The van der Waals surface area contributed by atoms with Gasteiger partial charge in [0.15, 0.2) is 11.5 Å². The summed E-state index contributed by atoms with van der Waals surface area (Å²) in [6.07, 6.45) is 5.31. The van der Waals surface area contributed by atoms with E-state index in [0.717, 1.165) is 22.4 Å². The molecule has 2 fully saturated rings. The first-order valence-electron chi connectivity index (χ1n) is 9.58. The second kappa shape index (κ2) is 7.50. The minimum atomic E-state index is -0.0883. The Hall–Kier alpha value is -2.08. The van der Waals surface area contributed by atoms with Gasteiger partial charge in [0.05, 0.1) is 19.8 Å². The van der Waals surface area contributed by atoms with E-state index in [2.05, 4.69) is 17.2 Å². The van der Waals surface area contributed by atoms with Gasteiger partial charge in [0.1, 0.15) is 10.7 Å². The lowest BCUT2D eigenvalue weighted by atomic mass is 9.84. The highest BCUT2D eigenvalue weighted by Gasteiger charge is 2.42. The Kier molecular flexibility index (Phi) is 5.08. The van der Waals surface area contributed by atoms with Gasteiger partial charge in [0.25, 0.3) is 5.91 Å². The molecule has 6 heteroatoms. The van der Waals surface area contributed by atoms with E-state index in [1.54, 1.807) is 14.2 Å². The highest BCUT2D eigenvalue weighted by molar-refractivity contribution is 7.13. The standard InChI is InChI=1S/C21H26N2O3S/c1-12(16-10-13-7-8-14(16)9-13)22-20(24)17-11-27-21(23-17)15-5-4-6-18(25-2)19(15)26-3/h4-6,11-14,16H,7-10H2,1-3H3,(H,22,24)/t12-,13+,14+,16-/m1/s1. The SMILES string of the molecule is COc1cccc(-c2nc(C(=O)N[C@H](C)[C@H]3C[C@H]4CC[C@H]3C4)cs2)c1OC. The van der Waals surface area contributed by atoms with Gasteiger partial charge in [-0.25, -0.2) is 4.98 Å². The number of para-hydroxylation sites is 1. The summed E-state index contributed by atoms with van der Waals surface area (Å²) in [5.74, 6) is 3.49. The first-order chi connectivity index (χ1) is 13.1. The van der Waals surface area contributed by atoms with E-state index in [-0.39, 0.29) is 11.9 Å². The monoisotopic (exact) mass is 386 g/mol. The number of nitrogens with one attached hydrogen (secondary N) is 1. The van der Waals surface area contributed by atoms with Gasteiger partial charge in [-0.2, -0.15) is 0 Å². The molecule has 0 aliphatic heterocycles. The fourth-order valence-electron chi connectivity index (χ4n) is 4.85. The number of nitrogens with zero attached hydrogens (tertiary/aromatic N) is 1. The first kappa shape index (κ1) is 18.3. The number of benzene rings is 1. The lowest BCUT2D eigenvalue weighted by Crippen LogP contribution is -2.40. The molecule has 2 aliphatic carbocycles. The van der Waals surface area contributed by atoms with Crippen molar-refractivity contribution >= 4 is 17.2 Å². The Morgan fingerprint density at radius 1 is 1.26 bits per heavy atom. The number of carbonyl (C=O) groups excluding carboxylic acids is 1. The van der Waals surface area contributed by atoms with E-state index >= 15 is 0 Å². The molecule has 0 saturated heterocycles. The lowest BCUT2D eigenvalue weighted by molar-refractivity contribution is 0.0911. The second-order valence-corrected chi connectivity index (χ2v) is 8.54. The fraction of sp³-hybridized carbons (Fsp3) is 0.524. The van der Waals surface area contributed by atoms with Gasteiger partial charge >= 0.3 is 0 Å². The number of rotatable bonds is 6. The predicted octanol–water partition coefficient (Wildman–Crippen LogP) is 4.38. The van der Waals surface area contributed by atoms with Crippen LogP contribution in [0.5, 0.6) is 11.5 Å². The summed E-state index contributed by atoms with van der Waals surface area (Å²) in [6, 6.07) is 5.87. The zero-order valence-electron chi connectivity index (χ0n) is 16.0. The van der Waals surface area contributed by atoms with Crippen LogP contribution in [0, 0.1) is 17.8 Å². The predicted molar refractivity (Wildman–Crippen MR) is 107 cm³/mol. The van der Waals surface area contributed by atoms with E-state index in [9.17, 15) is 4.79 Å². The summed E-state index contributed by atoms with van der Waals surface area (Å²) < 4.78 is 10.9. The minimum absolute atomic E-state index is 0.0883. The number of fused-ring (bicyclic) bond motifs is 2. The van der Waals surface area contributed by atoms with Crippen molar-refractivity contribution in [1.29, 1.82) is 0 Å². The highest BCUT2D eigenvalue weighted by atomic mass is 32.1. The van der Waals surface area contributed by atoms with Crippen molar-refractivity contribution in [2.75, 3.05) is 14.2 Å². The van der Waals surface area contributed by atoms with Gasteiger partial charge in [0.2, 0.25) is 0 Å². The van der Waals surface area contributed by atoms with Crippen molar-refractivity contribution in [1.82, 2.24) is 10.3 Å².